The van der Waals surface area contributed by atoms with Crippen molar-refractivity contribution in [1.29, 1.82) is 0 Å². The van der Waals surface area contributed by atoms with E-state index in [2.05, 4.69) is 0 Å². The topological polar surface area (TPSA) is 43.1 Å². The van der Waals surface area contributed by atoms with Crippen LogP contribution >= 0.6 is 23.2 Å². The number of nitrogens with two attached hydrogens (primary N) is 1. The quantitative estimate of drug-likeness (QED) is 0.928. The van der Waals surface area contributed by atoms with Crippen LogP contribution in [0.15, 0.2) is 48.5 Å². The first-order valence-corrected chi connectivity index (χ1v) is 6.98. The minimum atomic E-state index is -1.04. The molecule has 2 aromatic rings. The lowest BCUT2D eigenvalue weighted by atomic mass is 9.86. The van der Waals surface area contributed by atoms with E-state index in [1.54, 1.807) is 25.1 Å². The Labute approximate surface area is 128 Å². The van der Waals surface area contributed by atoms with Crippen molar-refractivity contribution in [2.75, 3.05) is 0 Å². The molecule has 104 valence electrons. The van der Waals surface area contributed by atoms with Crippen LogP contribution in [-0.2, 0) is 16.8 Å². The van der Waals surface area contributed by atoms with E-state index in [1.165, 1.54) is 0 Å². The number of rotatable bonds is 4. The Morgan fingerprint density at radius 3 is 2.40 bits per heavy atom. The standard InChI is InChI=1S/C16H15Cl2NO/c1-16(19,12-5-3-2-4-6-12)15(20)9-11-7-8-13(17)10-14(11)18/h2-8,10H,9,19H2,1H3. The first kappa shape index (κ1) is 15.0. The van der Waals surface area contributed by atoms with Crippen LogP contribution in [-0.4, -0.2) is 5.78 Å². The molecule has 0 heterocycles. The van der Waals surface area contributed by atoms with Crippen molar-refractivity contribution in [3.05, 3.63) is 69.7 Å². The third kappa shape index (κ3) is 3.21. The van der Waals surface area contributed by atoms with E-state index >= 15 is 0 Å². The van der Waals surface area contributed by atoms with Crippen LogP contribution in [0.2, 0.25) is 10.0 Å². The second-order valence-corrected chi connectivity index (χ2v) is 5.75. The SMILES string of the molecule is CC(N)(C(=O)Cc1ccc(Cl)cc1Cl)c1ccccc1. The second-order valence-electron chi connectivity index (χ2n) is 4.90. The highest BCUT2D eigenvalue weighted by Crippen LogP contribution is 2.25. The predicted molar refractivity (Wildman–Crippen MR) is 83.2 cm³/mol. The lowest BCUT2D eigenvalue weighted by Gasteiger charge is -2.24. The highest BCUT2D eigenvalue weighted by Gasteiger charge is 2.30. The highest BCUT2D eigenvalue weighted by molar-refractivity contribution is 6.35. The summed E-state index contributed by atoms with van der Waals surface area (Å²) < 4.78 is 0. The van der Waals surface area contributed by atoms with Crippen LogP contribution in [0.4, 0.5) is 0 Å². The molecule has 0 amide bonds. The summed E-state index contributed by atoms with van der Waals surface area (Å²) in [4.78, 5) is 12.5. The molecule has 4 heteroatoms. The molecule has 0 aliphatic heterocycles. The molecule has 0 fully saturated rings. The highest BCUT2D eigenvalue weighted by atomic mass is 35.5. The molecular weight excluding hydrogens is 293 g/mol. The van der Waals surface area contributed by atoms with Crippen molar-refractivity contribution < 1.29 is 4.79 Å². The van der Waals surface area contributed by atoms with Gasteiger partial charge in [-0.1, -0.05) is 59.6 Å². The zero-order chi connectivity index (χ0) is 14.8. The van der Waals surface area contributed by atoms with E-state index in [1.807, 2.05) is 30.3 Å². The molecule has 2 nitrogen and oxygen atoms in total. The van der Waals surface area contributed by atoms with Gasteiger partial charge >= 0.3 is 0 Å². The summed E-state index contributed by atoms with van der Waals surface area (Å²) in [5, 5.41) is 1.03. The predicted octanol–water partition coefficient (Wildman–Crippen LogP) is 3.98. The molecule has 0 aliphatic carbocycles. The van der Waals surface area contributed by atoms with E-state index in [4.69, 9.17) is 28.9 Å². The van der Waals surface area contributed by atoms with E-state index in [-0.39, 0.29) is 12.2 Å². The fraction of sp³-hybridized carbons (Fsp3) is 0.188. The van der Waals surface area contributed by atoms with Gasteiger partial charge in [0.15, 0.2) is 5.78 Å². The van der Waals surface area contributed by atoms with Crippen LogP contribution in [0, 0.1) is 0 Å². The molecule has 0 aromatic heterocycles. The van der Waals surface area contributed by atoms with Crippen molar-refractivity contribution >= 4 is 29.0 Å². The molecule has 0 saturated heterocycles. The monoisotopic (exact) mass is 307 g/mol. The molecule has 2 aromatic carbocycles. The van der Waals surface area contributed by atoms with Crippen LogP contribution in [0.1, 0.15) is 18.1 Å². The molecule has 2 N–H and O–H groups in total. The zero-order valence-corrected chi connectivity index (χ0v) is 12.6. The van der Waals surface area contributed by atoms with Crippen LogP contribution in [0.5, 0.6) is 0 Å². The summed E-state index contributed by atoms with van der Waals surface area (Å²) in [5.41, 5.74) is 6.67. The number of carbonyl (C=O) groups is 1. The van der Waals surface area contributed by atoms with Crippen molar-refractivity contribution in [3.8, 4) is 0 Å². The Bertz CT molecular complexity index is 624. The molecule has 0 aliphatic rings. The Kier molecular flexibility index (Phi) is 4.48. The summed E-state index contributed by atoms with van der Waals surface area (Å²) in [6.45, 7) is 1.72. The Morgan fingerprint density at radius 2 is 1.80 bits per heavy atom. The molecule has 1 atom stereocenters. The Balaban J connectivity index is 2.23. The van der Waals surface area contributed by atoms with E-state index in [0.29, 0.717) is 10.0 Å². The molecular formula is C16H15Cl2NO. The van der Waals surface area contributed by atoms with Crippen LogP contribution < -0.4 is 5.73 Å². The van der Waals surface area contributed by atoms with Gasteiger partial charge in [-0.3, -0.25) is 4.79 Å². The molecule has 0 bridgehead atoms. The number of carbonyl (C=O) groups excluding carboxylic acids is 1. The molecule has 2 rings (SSSR count). The molecule has 1 unspecified atom stereocenters. The number of halogens is 2. The summed E-state index contributed by atoms with van der Waals surface area (Å²) in [5.74, 6) is -0.0899. The van der Waals surface area contributed by atoms with E-state index < -0.39 is 5.54 Å². The van der Waals surface area contributed by atoms with Crippen molar-refractivity contribution in [1.82, 2.24) is 0 Å². The fourth-order valence-electron chi connectivity index (χ4n) is 1.97. The van der Waals surface area contributed by atoms with Gasteiger partial charge in [-0.15, -0.1) is 0 Å². The summed E-state index contributed by atoms with van der Waals surface area (Å²) in [6.07, 6.45) is 0.178. The number of hydrogen-bond acceptors (Lipinski definition) is 2. The molecule has 0 spiro atoms. The maximum Gasteiger partial charge on any atom is 0.161 e. The number of ketones is 1. The van der Waals surface area contributed by atoms with Crippen molar-refractivity contribution in [2.45, 2.75) is 18.9 Å². The Morgan fingerprint density at radius 1 is 1.15 bits per heavy atom. The van der Waals surface area contributed by atoms with Gasteiger partial charge in [-0.2, -0.15) is 0 Å². The minimum Gasteiger partial charge on any atom is -0.315 e. The van der Waals surface area contributed by atoms with Crippen LogP contribution in [0.3, 0.4) is 0 Å². The van der Waals surface area contributed by atoms with Gasteiger partial charge in [0.05, 0.1) is 5.54 Å². The van der Waals surface area contributed by atoms with Gasteiger partial charge in [0.25, 0.3) is 0 Å². The van der Waals surface area contributed by atoms with Gasteiger partial charge in [0.1, 0.15) is 0 Å². The normalized spacial score (nSPS) is 13.8. The average molecular weight is 308 g/mol. The summed E-state index contributed by atoms with van der Waals surface area (Å²) in [6, 6.07) is 14.4. The number of Topliss-reactive ketones (excluding diaryl/α,β-unsaturated/α-hetero) is 1. The lowest BCUT2D eigenvalue weighted by molar-refractivity contribution is -0.123. The summed E-state index contributed by atoms with van der Waals surface area (Å²) in [7, 11) is 0. The largest absolute Gasteiger partial charge is 0.315 e. The zero-order valence-electron chi connectivity index (χ0n) is 11.1. The molecule has 0 radical (unpaired) electrons. The van der Waals surface area contributed by atoms with Gasteiger partial charge in [-0.05, 0) is 30.2 Å². The van der Waals surface area contributed by atoms with Gasteiger partial charge < -0.3 is 5.73 Å². The minimum absolute atomic E-state index is 0.0899. The third-order valence-corrected chi connectivity index (χ3v) is 3.91. The first-order valence-electron chi connectivity index (χ1n) is 6.23. The second kappa shape index (κ2) is 5.96. The first-order chi connectivity index (χ1) is 9.41. The number of benzene rings is 2. The van der Waals surface area contributed by atoms with E-state index in [0.717, 1.165) is 11.1 Å². The fourth-order valence-corrected chi connectivity index (χ4v) is 2.44. The summed E-state index contributed by atoms with van der Waals surface area (Å²) >= 11 is 11.9. The Hall–Kier alpha value is -1.35. The molecule has 0 saturated carbocycles. The maximum atomic E-state index is 12.5. The van der Waals surface area contributed by atoms with Gasteiger partial charge in [0, 0.05) is 16.5 Å². The third-order valence-electron chi connectivity index (χ3n) is 3.32. The van der Waals surface area contributed by atoms with Gasteiger partial charge in [0.2, 0.25) is 0 Å². The van der Waals surface area contributed by atoms with Gasteiger partial charge in [-0.25, -0.2) is 0 Å². The maximum absolute atomic E-state index is 12.5. The molecule has 20 heavy (non-hydrogen) atoms. The lowest BCUT2D eigenvalue weighted by Crippen LogP contribution is -2.42. The smallest absolute Gasteiger partial charge is 0.161 e. The van der Waals surface area contributed by atoms with Crippen molar-refractivity contribution in [3.63, 3.8) is 0 Å². The van der Waals surface area contributed by atoms with E-state index in [9.17, 15) is 4.79 Å². The van der Waals surface area contributed by atoms with Crippen molar-refractivity contribution in [2.24, 2.45) is 5.73 Å². The van der Waals surface area contributed by atoms with Crippen LogP contribution in [0.25, 0.3) is 0 Å². The number of hydrogen-bond donors (Lipinski definition) is 1. The average Bonchev–Trinajstić information content (AvgIpc) is 2.42.